The molecule has 0 radical (unpaired) electrons. The fraction of sp³-hybridized carbons (Fsp3) is 0.526. The fourth-order valence-corrected chi connectivity index (χ4v) is 4.83. The van der Waals surface area contributed by atoms with Gasteiger partial charge in [0.15, 0.2) is 0 Å². The Morgan fingerprint density at radius 2 is 2.16 bits per heavy atom. The molecule has 4 nitrogen and oxygen atoms in total. The zero-order valence-corrected chi connectivity index (χ0v) is 17.7. The highest BCUT2D eigenvalue weighted by molar-refractivity contribution is 14.1. The summed E-state index contributed by atoms with van der Waals surface area (Å²) in [5.74, 6) is 0.854. The molecule has 1 aromatic heterocycles. The van der Waals surface area contributed by atoms with Crippen LogP contribution >= 0.6 is 34.2 Å². The largest absolute Gasteiger partial charge is 0.496 e. The molecule has 0 spiro atoms. The van der Waals surface area contributed by atoms with Crippen molar-refractivity contribution in [1.82, 2.24) is 10.3 Å². The molecule has 0 aliphatic carbocycles. The van der Waals surface area contributed by atoms with Crippen molar-refractivity contribution < 1.29 is 4.74 Å². The predicted octanol–water partition coefficient (Wildman–Crippen LogP) is 5.02. The van der Waals surface area contributed by atoms with Crippen LogP contribution in [-0.4, -0.2) is 35.3 Å². The van der Waals surface area contributed by atoms with Crippen LogP contribution in [0.1, 0.15) is 32.6 Å². The first-order valence-electron chi connectivity index (χ1n) is 8.90. The normalized spacial score (nSPS) is 17.0. The maximum absolute atomic E-state index is 6.28. The van der Waals surface area contributed by atoms with Gasteiger partial charge in [0, 0.05) is 19.1 Å². The minimum absolute atomic E-state index is 0.534. The van der Waals surface area contributed by atoms with Crippen molar-refractivity contribution >= 4 is 50.8 Å². The second-order valence-corrected chi connectivity index (χ2v) is 8.39. The van der Waals surface area contributed by atoms with Gasteiger partial charge in [0.25, 0.3) is 0 Å². The molecule has 0 amide bonds. The van der Waals surface area contributed by atoms with E-state index in [1.165, 1.54) is 12.8 Å². The Kier molecular flexibility index (Phi) is 6.63. The Labute approximate surface area is 168 Å². The highest BCUT2D eigenvalue weighted by Gasteiger charge is 2.23. The van der Waals surface area contributed by atoms with E-state index in [-0.39, 0.29) is 0 Å². The van der Waals surface area contributed by atoms with E-state index < -0.39 is 0 Å². The Hall–Kier alpha value is -0.790. The van der Waals surface area contributed by atoms with Crippen LogP contribution in [-0.2, 0) is 0 Å². The van der Waals surface area contributed by atoms with Crippen LogP contribution in [0.3, 0.4) is 0 Å². The molecule has 1 aliphatic heterocycles. The maximum Gasteiger partial charge on any atom is 0.131 e. The lowest BCUT2D eigenvalue weighted by Crippen LogP contribution is -2.44. The smallest absolute Gasteiger partial charge is 0.131 e. The van der Waals surface area contributed by atoms with Gasteiger partial charge in [0.1, 0.15) is 10.9 Å². The summed E-state index contributed by atoms with van der Waals surface area (Å²) >= 11 is 8.80. The molecular formula is C19H25ClIN3O. The lowest BCUT2D eigenvalue weighted by molar-refractivity contribution is 0.405. The number of pyridine rings is 1. The van der Waals surface area contributed by atoms with Gasteiger partial charge in [-0.05, 0) is 37.5 Å². The van der Waals surface area contributed by atoms with Crippen LogP contribution in [0.25, 0.3) is 10.9 Å². The van der Waals surface area contributed by atoms with Gasteiger partial charge in [-0.2, -0.15) is 0 Å². The van der Waals surface area contributed by atoms with Gasteiger partial charge in [-0.1, -0.05) is 53.6 Å². The van der Waals surface area contributed by atoms with E-state index in [4.69, 9.17) is 16.3 Å². The Morgan fingerprint density at radius 1 is 1.40 bits per heavy atom. The van der Waals surface area contributed by atoms with E-state index >= 15 is 0 Å². The van der Waals surface area contributed by atoms with E-state index in [9.17, 15) is 0 Å². The number of nitrogens with zero attached hydrogens (tertiary/aromatic N) is 2. The van der Waals surface area contributed by atoms with E-state index in [1.54, 1.807) is 7.11 Å². The summed E-state index contributed by atoms with van der Waals surface area (Å²) < 4.78 is 6.14. The fourth-order valence-electron chi connectivity index (χ4n) is 3.50. The van der Waals surface area contributed by atoms with E-state index in [0.717, 1.165) is 48.3 Å². The lowest BCUT2D eigenvalue weighted by atomic mass is 10.0. The summed E-state index contributed by atoms with van der Waals surface area (Å²) in [5.41, 5.74) is 2.02. The zero-order valence-electron chi connectivity index (χ0n) is 14.8. The molecule has 1 aromatic carbocycles. The van der Waals surface area contributed by atoms with Gasteiger partial charge in [-0.25, -0.2) is 4.98 Å². The number of ether oxygens (including phenoxy) is 1. The number of aromatic nitrogens is 1. The molecule has 0 saturated carbocycles. The van der Waals surface area contributed by atoms with Crippen LogP contribution in [0.2, 0.25) is 5.15 Å². The van der Waals surface area contributed by atoms with Crippen molar-refractivity contribution in [2.45, 2.75) is 42.7 Å². The molecule has 3 rings (SSSR count). The SMILES string of the molecule is CCCC(I)NC1CCN(c2cc(Cl)nc3cccc(OC)c23)CC1. The van der Waals surface area contributed by atoms with Crippen LogP contribution in [0.15, 0.2) is 24.3 Å². The van der Waals surface area contributed by atoms with Crippen LogP contribution in [0.4, 0.5) is 5.69 Å². The number of alkyl halides is 1. The predicted molar refractivity (Wildman–Crippen MR) is 114 cm³/mol. The second kappa shape index (κ2) is 8.73. The third kappa shape index (κ3) is 4.49. The monoisotopic (exact) mass is 473 g/mol. The van der Waals surface area contributed by atoms with Crippen molar-refractivity contribution in [1.29, 1.82) is 0 Å². The number of hydrogen-bond donors (Lipinski definition) is 1. The third-order valence-electron chi connectivity index (χ3n) is 4.76. The molecule has 1 fully saturated rings. The number of anilines is 1. The topological polar surface area (TPSA) is 37.4 Å². The third-order valence-corrected chi connectivity index (χ3v) is 5.93. The summed E-state index contributed by atoms with van der Waals surface area (Å²) in [7, 11) is 1.71. The number of nitrogens with one attached hydrogen (secondary N) is 1. The molecule has 25 heavy (non-hydrogen) atoms. The first kappa shape index (κ1) is 19.0. The molecule has 136 valence electrons. The molecule has 1 unspecified atom stereocenters. The number of fused-ring (bicyclic) bond motifs is 1. The maximum atomic E-state index is 6.28. The highest BCUT2D eigenvalue weighted by Crippen LogP contribution is 2.36. The summed E-state index contributed by atoms with van der Waals surface area (Å²) in [5, 5.41) is 5.35. The molecule has 1 aliphatic rings. The van der Waals surface area contributed by atoms with Gasteiger partial charge < -0.3 is 15.0 Å². The number of benzene rings is 1. The van der Waals surface area contributed by atoms with E-state index in [2.05, 4.69) is 44.7 Å². The van der Waals surface area contributed by atoms with Crippen LogP contribution in [0.5, 0.6) is 5.75 Å². The Bertz CT molecular complexity index is 719. The minimum atomic E-state index is 0.534. The second-order valence-electron chi connectivity index (χ2n) is 6.50. The van der Waals surface area contributed by atoms with Crippen molar-refractivity contribution in [3.8, 4) is 5.75 Å². The van der Waals surface area contributed by atoms with Gasteiger partial charge in [-0.15, -0.1) is 0 Å². The number of methoxy groups -OCH3 is 1. The molecule has 6 heteroatoms. The first-order chi connectivity index (χ1) is 12.1. The van der Waals surface area contributed by atoms with Crippen molar-refractivity contribution in [2.24, 2.45) is 0 Å². The Balaban J connectivity index is 1.79. The summed E-state index contributed by atoms with van der Waals surface area (Å²) in [4.78, 5) is 6.88. The van der Waals surface area contributed by atoms with Gasteiger partial charge >= 0.3 is 0 Å². The van der Waals surface area contributed by atoms with Gasteiger partial charge in [-0.3, -0.25) is 0 Å². The Morgan fingerprint density at radius 3 is 2.84 bits per heavy atom. The van der Waals surface area contributed by atoms with Crippen molar-refractivity contribution in [3.05, 3.63) is 29.4 Å². The lowest BCUT2D eigenvalue weighted by Gasteiger charge is -2.35. The number of halogens is 2. The van der Waals surface area contributed by atoms with E-state index in [1.807, 2.05) is 24.3 Å². The van der Waals surface area contributed by atoms with Gasteiger partial charge in [0.05, 0.1) is 27.7 Å². The van der Waals surface area contributed by atoms with Crippen molar-refractivity contribution in [2.75, 3.05) is 25.1 Å². The number of rotatable bonds is 6. The van der Waals surface area contributed by atoms with Crippen LogP contribution < -0.4 is 15.0 Å². The molecule has 1 saturated heterocycles. The molecule has 0 bridgehead atoms. The quantitative estimate of drug-likeness (QED) is 0.277. The first-order valence-corrected chi connectivity index (χ1v) is 10.5. The standard InChI is InChI=1S/C19H25ClIN3O/c1-3-5-18(21)22-13-8-10-24(11-9-13)15-12-17(20)23-14-6-4-7-16(25-2)19(14)15/h4,6-7,12-13,18,22H,3,5,8-11H2,1-2H3. The molecule has 1 atom stereocenters. The number of hydrogen-bond acceptors (Lipinski definition) is 4. The van der Waals surface area contributed by atoms with E-state index in [0.29, 0.717) is 15.2 Å². The molecule has 2 aromatic rings. The summed E-state index contributed by atoms with van der Waals surface area (Å²) in [6, 6.07) is 8.50. The molecule has 1 N–H and O–H groups in total. The summed E-state index contributed by atoms with van der Waals surface area (Å²) in [6.45, 7) is 4.27. The molecule has 2 heterocycles. The summed E-state index contributed by atoms with van der Waals surface area (Å²) in [6.07, 6.45) is 4.73. The van der Waals surface area contributed by atoms with Crippen molar-refractivity contribution in [3.63, 3.8) is 0 Å². The van der Waals surface area contributed by atoms with Gasteiger partial charge in [0.2, 0.25) is 0 Å². The average Bonchev–Trinajstić information content (AvgIpc) is 2.61. The highest BCUT2D eigenvalue weighted by atomic mass is 127. The number of piperidine rings is 1. The molecular weight excluding hydrogens is 449 g/mol. The average molecular weight is 474 g/mol. The zero-order chi connectivity index (χ0) is 17.8. The minimum Gasteiger partial charge on any atom is -0.496 e. The van der Waals surface area contributed by atoms with Crippen LogP contribution in [0, 0.1) is 0 Å².